The van der Waals surface area contributed by atoms with E-state index in [-0.39, 0.29) is 5.78 Å². The summed E-state index contributed by atoms with van der Waals surface area (Å²) in [5.41, 5.74) is 3.96. The van der Waals surface area contributed by atoms with Crippen LogP contribution in [0.5, 0.6) is 5.75 Å². The molecule has 1 aliphatic heterocycles. The Morgan fingerprint density at radius 2 is 1.89 bits per heavy atom. The first-order valence-electron chi connectivity index (χ1n) is 9.50. The summed E-state index contributed by atoms with van der Waals surface area (Å²) in [4.78, 5) is 15.0. The van der Waals surface area contributed by atoms with Gasteiger partial charge in [0.05, 0.1) is 19.8 Å². The molecule has 0 saturated carbocycles. The number of carbonyl (C=O) groups excluding carboxylic acids is 1. The number of hydrogen-bond donors (Lipinski definition) is 0. The Balaban J connectivity index is 1.76. The standard InChI is InChI=1S/C23H27NO3/c1-3-27-23-11-9-20(16-21(23)17-24-12-14-26-15-13-24)22(25)10-8-19-6-4-18(2)5-7-19/h4-11,16H,3,12-15,17H2,1-2H3. The smallest absolute Gasteiger partial charge is 0.185 e. The molecule has 0 spiro atoms. The average Bonchev–Trinajstić information content (AvgIpc) is 2.69. The number of hydrogen-bond acceptors (Lipinski definition) is 4. The Kier molecular flexibility index (Phi) is 6.80. The van der Waals surface area contributed by atoms with Crippen molar-refractivity contribution >= 4 is 11.9 Å². The zero-order chi connectivity index (χ0) is 19.1. The van der Waals surface area contributed by atoms with Gasteiger partial charge in [0.1, 0.15) is 5.75 Å². The van der Waals surface area contributed by atoms with Crippen LogP contribution in [0.2, 0.25) is 0 Å². The molecule has 0 amide bonds. The fourth-order valence-electron chi connectivity index (χ4n) is 3.10. The molecule has 1 fully saturated rings. The fraction of sp³-hybridized carbons (Fsp3) is 0.348. The SMILES string of the molecule is CCOc1ccc(C(=O)C=Cc2ccc(C)cc2)cc1CN1CCOCC1. The van der Waals surface area contributed by atoms with Crippen LogP contribution < -0.4 is 4.74 Å². The number of morpholine rings is 1. The quantitative estimate of drug-likeness (QED) is 0.546. The van der Waals surface area contributed by atoms with Crippen LogP contribution in [0.1, 0.15) is 34.0 Å². The van der Waals surface area contributed by atoms with Gasteiger partial charge >= 0.3 is 0 Å². The van der Waals surface area contributed by atoms with Crippen molar-refractivity contribution in [3.63, 3.8) is 0 Å². The number of nitrogens with zero attached hydrogens (tertiary/aromatic N) is 1. The van der Waals surface area contributed by atoms with E-state index in [9.17, 15) is 4.79 Å². The number of ketones is 1. The van der Waals surface area contributed by atoms with E-state index in [2.05, 4.69) is 11.8 Å². The summed E-state index contributed by atoms with van der Waals surface area (Å²) in [5.74, 6) is 0.852. The molecule has 1 saturated heterocycles. The summed E-state index contributed by atoms with van der Waals surface area (Å²) < 4.78 is 11.2. The maximum absolute atomic E-state index is 12.6. The Bertz CT molecular complexity index is 790. The van der Waals surface area contributed by atoms with Gasteiger partial charge in [0, 0.05) is 30.8 Å². The van der Waals surface area contributed by atoms with Crippen LogP contribution >= 0.6 is 0 Å². The molecule has 2 aromatic rings. The predicted molar refractivity (Wildman–Crippen MR) is 108 cm³/mol. The van der Waals surface area contributed by atoms with E-state index in [0.717, 1.165) is 49.7 Å². The topological polar surface area (TPSA) is 38.8 Å². The van der Waals surface area contributed by atoms with Crippen molar-refractivity contribution in [2.45, 2.75) is 20.4 Å². The van der Waals surface area contributed by atoms with E-state index in [1.165, 1.54) is 5.56 Å². The van der Waals surface area contributed by atoms with E-state index in [1.54, 1.807) is 6.08 Å². The Labute approximate surface area is 161 Å². The lowest BCUT2D eigenvalue weighted by molar-refractivity contribution is 0.0338. The van der Waals surface area contributed by atoms with E-state index in [1.807, 2.05) is 55.5 Å². The number of carbonyl (C=O) groups is 1. The molecule has 0 radical (unpaired) electrons. The van der Waals surface area contributed by atoms with Gasteiger partial charge in [-0.05, 0) is 43.7 Å². The highest BCUT2D eigenvalue weighted by atomic mass is 16.5. The first-order valence-corrected chi connectivity index (χ1v) is 9.50. The first-order chi connectivity index (χ1) is 13.2. The van der Waals surface area contributed by atoms with Gasteiger partial charge < -0.3 is 9.47 Å². The first kappa shape index (κ1) is 19.3. The second-order valence-corrected chi connectivity index (χ2v) is 6.75. The van der Waals surface area contributed by atoms with E-state index in [0.29, 0.717) is 12.2 Å². The van der Waals surface area contributed by atoms with Crippen molar-refractivity contribution in [2.75, 3.05) is 32.9 Å². The molecule has 0 unspecified atom stereocenters. The second kappa shape index (κ2) is 9.49. The predicted octanol–water partition coefficient (Wildman–Crippen LogP) is 4.12. The van der Waals surface area contributed by atoms with Crippen LogP contribution in [-0.2, 0) is 11.3 Å². The number of rotatable bonds is 7. The molecule has 4 heteroatoms. The number of ether oxygens (including phenoxy) is 2. The van der Waals surface area contributed by atoms with Crippen LogP contribution in [0.25, 0.3) is 6.08 Å². The van der Waals surface area contributed by atoms with Gasteiger partial charge in [0.15, 0.2) is 5.78 Å². The molecule has 1 heterocycles. The van der Waals surface area contributed by atoms with Crippen LogP contribution in [-0.4, -0.2) is 43.6 Å². The molecular weight excluding hydrogens is 338 g/mol. The summed E-state index contributed by atoms with van der Waals surface area (Å²) in [6, 6.07) is 13.8. The highest BCUT2D eigenvalue weighted by Crippen LogP contribution is 2.23. The monoisotopic (exact) mass is 365 g/mol. The Morgan fingerprint density at radius 3 is 2.59 bits per heavy atom. The van der Waals surface area contributed by atoms with Gasteiger partial charge in [0.25, 0.3) is 0 Å². The molecule has 3 rings (SSSR count). The molecule has 0 aliphatic carbocycles. The van der Waals surface area contributed by atoms with E-state index >= 15 is 0 Å². The number of allylic oxidation sites excluding steroid dienone is 1. The lowest BCUT2D eigenvalue weighted by atomic mass is 10.0. The van der Waals surface area contributed by atoms with Crippen LogP contribution in [0.15, 0.2) is 48.5 Å². The van der Waals surface area contributed by atoms with Gasteiger partial charge in [-0.25, -0.2) is 0 Å². The molecule has 0 atom stereocenters. The molecule has 4 nitrogen and oxygen atoms in total. The molecule has 1 aliphatic rings. The molecule has 0 aromatic heterocycles. The van der Waals surface area contributed by atoms with Crippen molar-refractivity contribution in [2.24, 2.45) is 0 Å². The molecule has 27 heavy (non-hydrogen) atoms. The molecule has 0 N–H and O–H groups in total. The van der Waals surface area contributed by atoms with Gasteiger partial charge in [-0.15, -0.1) is 0 Å². The van der Waals surface area contributed by atoms with Crippen molar-refractivity contribution in [1.82, 2.24) is 4.90 Å². The summed E-state index contributed by atoms with van der Waals surface area (Å²) >= 11 is 0. The van der Waals surface area contributed by atoms with Crippen molar-refractivity contribution in [3.05, 3.63) is 70.8 Å². The number of aryl methyl sites for hydroxylation is 1. The summed E-state index contributed by atoms with van der Waals surface area (Å²) in [6.07, 6.45) is 3.50. The largest absolute Gasteiger partial charge is 0.494 e. The highest BCUT2D eigenvalue weighted by molar-refractivity contribution is 6.07. The molecule has 2 aromatic carbocycles. The lowest BCUT2D eigenvalue weighted by Gasteiger charge is -2.27. The second-order valence-electron chi connectivity index (χ2n) is 6.75. The van der Waals surface area contributed by atoms with Gasteiger partial charge in [-0.3, -0.25) is 9.69 Å². The molecular formula is C23H27NO3. The minimum Gasteiger partial charge on any atom is -0.494 e. The van der Waals surface area contributed by atoms with Crippen LogP contribution in [0.4, 0.5) is 0 Å². The third-order valence-electron chi connectivity index (χ3n) is 4.65. The minimum absolute atomic E-state index is 0.00171. The van der Waals surface area contributed by atoms with Crippen LogP contribution in [0.3, 0.4) is 0 Å². The van der Waals surface area contributed by atoms with Crippen molar-refractivity contribution in [1.29, 1.82) is 0 Å². The zero-order valence-electron chi connectivity index (χ0n) is 16.1. The minimum atomic E-state index is 0.00171. The molecule has 0 bridgehead atoms. The third kappa shape index (κ3) is 5.52. The van der Waals surface area contributed by atoms with Crippen molar-refractivity contribution < 1.29 is 14.3 Å². The van der Waals surface area contributed by atoms with Crippen molar-refractivity contribution in [3.8, 4) is 5.75 Å². The Morgan fingerprint density at radius 1 is 1.15 bits per heavy atom. The summed E-state index contributed by atoms with van der Waals surface area (Å²) in [5, 5.41) is 0. The highest BCUT2D eigenvalue weighted by Gasteiger charge is 2.15. The summed E-state index contributed by atoms with van der Waals surface area (Å²) in [6.45, 7) is 8.70. The van der Waals surface area contributed by atoms with Crippen LogP contribution in [0, 0.1) is 6.92 Å². The maximum atomic E-state index is 12.6. The Hall–Kier alpha value is -2.43. The normalized spacial score (nSPS) is 15.2. The fourth-order valence-corrected chi connectivity index (χ4v) is 3.10. The van der Waals surface area contributed by atoms with Gasteiger partial charge in [0.2, 0.25) is 0 Å². The maximum Gasteiger partial charge on any atom is 0.185 e. The lowest BCUT2D eigenvalue weighted by Crippen LogP contribution is -2.35. The van der Waals surface area contributed by atoms with E-state index in [4.69, 9.17) is 9.47 Å². The molecule has 142 valence electrons. The van der Waals surface area contributed by atoms with Gasteiger partial charge in [-0.1, -0.05) is 35.9 Å². The van der Waals surface area contributed by atoms with E-state index < -0.39 is 0 Å². The summed E-state index contributed by atoms with van der Waals surface area (Å²) in [7, 11) is 0. The van der Waals surface area contributed by atoms with Gasteiger partial charge in [-0.2, -0.15) is 0 Å². The average molecular weight is 365 g/mol. The number of benzene rings is 2. The third-order valence-corrected chi connectivity index (χ3v) is 4.65. The zero-order valence-corrected chi connectivity index (χ0v) is 16.1.